The van der Waals surface area contributed by atoms with Crippen molar-refractivity contribution in [2.75, 3.05) is 11.9 Å². The molecule has 0 heterocycles. The Morgan fingerprint density at radius 2 is 1.84 bits per heavy atom. The molecule has 0 unspecified atom stereocenters. The SMILES string of the molecule is Cc1cc(C)cc(NC(=S)NC(=O)OCC(C)C)c1. The van der Waals surface area contributed by atoms with Crippen molar-refractivity contribution in [2.24, 2.45) is 5.92 Å². The van der Waals surface area contributed by atoms with Crippen LogP contribution in [0, 0.1) is 19.8 Å². The molecule has 0 saturated heterocycles. The van der Waals surface area contributed by atoms with Gasteiger partial charge in [0.05, 0.1) is 6.61 Å². The predicted octanol–water partition coefficient (Wildman–Crippen LogP) is 3.38. The van der Waals surface area contributed by atoms with Gasteiger partial charge in [0.1, 0.15) is 0 Å². The van der Waals surface area contributed by atoms with Crippen molar-refractivity contribution in [3.8, 4) is 0 Å². The predicted molar refractivity (Wildman–Crippen MR) is 81.5 cm³/mol. The summed E-state index contributed by atoms with van der Waals surface area (Å²) in [6.07, 6.45) is -0.532. The number of amides is 1. The lowest BCUT2D eigenvalue weighted by molar-refractivity contribution is 0.138. The number of thiocarbonyl (C=S) groups is 1. The first kappa shape index (κ1) is 15.4. The standard InChI is InChI=1S/C14H20N2O2S/c1-9(2)8-18-14(17)16-13(19)15-12-6-10(3)5-11(4)7-12/h5-7,9H,8H2,1-4H3,(H2,15,16,17,19). The molecule has 1 amide bonds. The van der Waals surface area contributed by atoms with E-state index in [1.165, 1.54) is 0 Å². The van der Waals surface area contributed by atoms with Crippen LogP contribution in [0.5, 0.6) is 0 Å². The zero-order valence-corrected chi connectivity index (χ0v) is 12.6. The maximum atomic E-state index is 11.4. The van der Waals surface area contributed by atoms with E-state index >= 15 is 0 Å². The Balaban J connectivity index is 2.48. The molecule has 104 valence electrons. The third-order valence-corrected chi connectivity index (χ3v) is 2.45. The molecule has 5 heteroatoms. The molecule has 4 nitrogen and oxygen atoms in total. The molecule has 0 fully saturated rings. The molecule has 2 N–H and O–H groups in total. The topological polar surface area (TPSA) is 50.4 Å². The van der Waals surface area contributed by atoms with Crippen LogP contribution in [-0.4, -0.2) is 17.8 Å². The lowest BCUT2D eigenvalue weighted by Crippen LogP contribution is -2.35. The summed E-state index contributed by atoms with van der Waals surface area (Å²) in [6.45, 7) is 8.33. The van der Waals surface area contributed by atoms with Gasteiger partial charge in [-0.3, -0.25) is 5.32 Å². The van der Waals surface area contributed by atoms with Gasteiger partial charge in [0.2, 0.25) is 0 Å². The normalized spacial score (nSPS) is 10.2. The maximum Gasteiger partial charge on any atom is 0.413 e. The van der Waals surface area contributed by atoms with Crippen molar-refractivity contribution < 1.29 is 9.53 Å². The van der Waals surface area contributed by atoms with Crippen molar-refractivity contribution in [3.05, 3.63) is 29.3 Å². The van der Waals surface area contributed by atoms with Gasteiger partial charge in [0, 0.05) is 5.69 Å². The molecule has 0 aliphatic heterocycles. The number of ether oxygens (including phenoxy) is 1. The van der Waals surface area contributed by atoms with Gasteiger partial charge in [-0.25, -0.2) is 4.79 Å². The van der Waals surface area contributed by atoms with Gasteiger partial charge in [-0.15, -0.1) is 0 Å². The zero-order chi connectivity index (χ0) is 14.4. The molecule has 0 aromatic heterocycles. The van der Waals surface area contributed by atoms with E-state index < -0.39 is 6.09 Å². The molecular formula is C14H20N2O2S. The van der Waals surface area contributed by atoms with Gasteiger partial charge in [-0.1, -0.05) is 19.9 Å². The first-order valence-corrected chi connectivity index (χ1v) is 6.60. The number of carbonyl (C=O) groups excluding carboxylic acids is 1. The summed E-state index contributed by atoms with van der Waals surface area (Å²) in [5.41, 5.74) is 3.12. The van der Waals surface area contributed by atoms with Crippen molar-refractivity contribution in [1.82, 2.24) is 5.32 Å². The van der Waals surface area contributed by atoms with Gasteiger partial charge in [-0.05, 0) is 55.2 Å². The summed E-state index contributed by atoms with van der Waals surface area (Å²) < 4.78 is 4.98. The van der Waals surface area contributed by atoms with Gasteiger partial charge in [-0.2, -0.15) is 0 Å². The molecule has 19 heavy (non-hydrogen) atoms. The van der Waals surface area contributed by atoms with Crippen molar-refractivity contribution in [2.45, 2.75) is 27.7 Å². The van der Waals surface area contributed by atoms with Crippen LogP contribution in [-0.2, 0) is 4.74 Å². The summed E-state index contributed by atoms with van der Waals surface area (Å²) in [5.74, 6) is 0.298. The summed E-state index contributed by atoms with van der Waals surface area (Å²) in [7, 11) is 0. The highest BCUT2D eigenvalue weighted by Gasteiger charge is 2.07. The highest BCUT2D eigenvalue weighted by atomic mass is 32.1. The molecule has 1 aromatic rings. The molecule has 0 spiro atoms. The molecule has 0 saturated carbocycles. The van der Waals surface area contributed by atoms with Crippen molar-refractivity contribution >= 4 is 29.1 Å². The van der Waals surface area contributed by atoms with Gasteiger partial charge in [0.15, 0.2) is 5.11 Å². The first-order valence-electron chi connectivity index (χ1n) is 6.20. The second kappa shape index (κ2) is 7.09. The molecular weight excluding hydrogens is 260 g/mol. The lowest BCUT2D eigenvalue weighted by atomic mass is 10.1. The number of anilines is 1. The van der Waals surface area contributed by atoms with E-state index in [4.69, 9.17) is 17.0 Å². The second-order valence-electron chi connectivity index (χ2n) is 4.95. The van der Waals surface area contributed by atoms with Crippen LogP contribution in [0.3, 0.4) is 0 Å². The Hall–Kier alpha value is -1.62. The smallest absolute Gasteiger partial charge is 0.413 e. The van der Waals surface area contributed by atoms with Crippen LogP contribution in [0.25, 0.3) is 0 Å². The Morgan fingerprint density at radius 1 is 1.26 bits per heavy atom. The highest BCUT2D eigenvalue weighted by molar-refractivity contribution is 7.80. The highest BCUT2D eigenvalue weighted by Crippen LogP contribution is 2.13. The summed E-state index contributed by atoms with van der Waals surface area (Å²) in [4.78, 5) is 11.4. The average molecular weight is 280 g/mol. The largest absolute Gasteiger partial charge is 0.449 e. The van der Waals surface area contributed by atoms with E-state index in [1.807, 2.05) is 39.8 Å². The molecule has 0 aliphatic rings. The molecule has 0 aliphatic carbocycles. The van der Waals surface area contributed by atoms with E-state index in [9.17, 15) is 4.79 Å². The fourth-order valence-corrected chi connectivity index (χ4v) is 1.78. The number of hydrogen-bond acceptors (Lipinski definition) is 3. The third-order valence-electron chi connectivity index (χ3n) is 2.24. The molecule has 0 bridgehead atoms. The number of benzene rings is 1. The number of nitrogens with one attached hydrogen (secondary N) is 2. The van der Waals surface area contributed by atoms with E-state index in [-0.39, 0.29) is 5.11 Å². The van der Waals surface area contributed by atoms with Gasteiger partial charge in [0.25, 0.3) is 0 Å². The number of hydrogen-bond donors (Lipinski definition) is 2. The number of alkyl carbamates (subject to hydrolysis) is 1. The quantitative estimate of drug-likeness (QED) is 0.833. The van der Waals surface area contributed by atoms with Gasteiger partial charge >= 0.3 is 6.09 Å². The summed E-state index contributed by atoms with van der Waals surface area (Å²) in [6, 6.07) is 5.99. The Morgan fingerprint density at radius 3 is 2.37 bits per heavy atom. The van der Waals surface area contributed by atoms with Crippen LogP contribution in [0.4, 0.5) is 10.5 Å². The summed E-state index contributed by atoms with van der Waals surface area (Å²) >= 11 is 5.06. The molecule has 1 aromatic carbocycles. The van der Waals surface area contributed by atoms with Crippen LogP contribution < -0.4 is 10.6 Å². The summed E-state index contributed by atoms with van der Waals surface area (Å²) in [5, 5.41) is 5.68. The third kappa shape index (κ3) is 6.20. The van der Waals surface area contributed by atoms with E-state index in [1.54, 1.807) is 0 Å². The number of aryl methyl sites for hydroxylation is 2. The van der Waals surface area contributed by atoms with Crippen LogP contribution >= 0.6 is 12.2 Å². The van der Waals surface area contributed by atoms with Gasteiger partial charge < -0.3 is 10.1 Å². The Bertz CT molecular complexity index is 452. The maximum absolute atomic E-state index is 11.4. The fraction of sp³-hybridized carbons (Fsp3) is 0.429. The van der Waals surface area contributed by atoms with E-state index in [0.717, 1.165) is 16.8 Å². The zero-order valence-electron chi connectivity index (χ0n) is 11.7. The lowest BCUT2D eigenvalue weighted by Gasteiger charge is -2.12. The second-order valence-corrected chi connectivity index (χ2v) is 5.36. The minimum absolute atomic E-state index is 0.235. The average Bonchev–Trinajstić information content (AvgIpc) is 2.24. The first-order chi connectivity index (χ1) is 8.86. The molecule has 0 radical (unpaired) electrons. The molecule has 1 rings (SSSR count). The van der Waals surface area contributed by atoms with Crippen LogP contribution in [0.1, 0.15) is 25.0 Å². The molecule has 0 atom stereocenters. The number of carbonyl (C=O) groups is 1. The number of rotatable bonds is 3. The minimum Gasteiger partial charge on any atom is -0.449 e. The Labute approximate surface area is 119 Å². The minimum atomic E-state index is -0.532. The monoisotopic (exact) mass is 280 g/mol. The van der Waals surface area contributed by atoms with E-state index in [0.29, 0.717) is 12.5 Å². The van der Waals surface area contributed by atoms with Crippen molar-refractivity contribution in [3.63, 3.8) is 0 Å². The Kier molecular flexibility index (Phi) is 5.76. The fourth-order valence-electron chi connectivity index (χ4n) is 1.58. The van der Waals surface area contributed by atoms with Crippen LogP contribution in [0.15, 0.2) is 18.2 Å². The van der Waals surface area contributed by atoms with Crippen LogP contribution in [0.2, 0.25) is 0 Å². The van der Waals surface area contributed by atoms with E-state index in [2.05, 4.69) is 16.7 Å². The van der Waals surface area contributed by atoms with Crippen molar-refractivity contribution in [1.29, 1.82) is 0 Å².